The number of likely N-dealkylation sites (N-methyl/N-ethyl adjacent to an activating group) is 1. The predicted octanol–water partition coefficient (Wildman–Crippen LogP) is 3.59. The molecule has 2 rings (SSSR count). The van der Waals surface area contributed by atoms with Gasteiger partial charge < -0.3 is 9.47 Å². The van der Waals surface area contributed by atoms with Crippen LogP contribution in [-0.2, 0) is 20.7 Å². The van der Waals surface area contributed by atoms with E-state index in [1.54, 1.807) is 24.3 Å². The van der Waals surface area contributed by atoms with E-state index in [2.05, 4.69) is 0 Å². The Kier molecular flexibility index (Phi) is 7.29. The van der Waals surface area contributed by atoms with E-state index in [1.165, 1.54) is 31.4 Å². The van der Waals surface area contributed by atoms with Gasteiger partial charge >= 0.3 is 11.9 Å². The fraction of sp³-hybridized carbons (Fsp3) is 0.368. The summed E-state index contributed by atoms with van der Waals surface area (Å²) in [5.74, 6) is -1.29. The molecule has 1 atom stereocenters. The molecule has 140 valence electrons. The van der Waals surface area contributed by atoms with E-state index in [4.69, 9.17) is 9.47 Å². The first-order valence-electron chi connectivity index (χ1n) is 8.29. The number of benzene rings is 1. The predicted molar refractivity (Wildman–Crippen MR) is 97.7 cm³/mol. The molecule has 0 saturated heterocycles. The van der Waals surface area contributed by atoms with Crippen LogP contribution in [0.5, 0.6) is 5.06 Å². The number of thiophene rings is 1. The van der Waals surface area contributed by atoms with Gasteiger partial charge in [0.1, 0.15) is 11.9 Å². The quantitative estimate of drug-likeness (QED) is 0.656. The second kappa shape index (κ2) is 9.45. The summed E-state index contributed by atoms with van der Waals surface area (Å²) in [6, 6.07) is 9.05. The summed E-state index contributed by atoms with van der Waals surface area (Å²) in [4.78, 5) is 26.2. The summed E-state index contributed by atoms with van der Waals surface area (Å²) in [6.45, 7) is 4.35. The standard InChI is InChI=1S/C19H22FNO4S/c1-4-21(12-11-14-9-10-17(26-14)25-13(2)22)18(19(23)24-3)15-7-5-6-8-16(15)20/h5-10,18H,4,11-12H2,1-3H3. The van der Waals surface area contributed by atoms with Crippen LogP contribution in [0.1, 0.15) is 30.3 Å². The summed E-state index contributed by atoms with van der Waals surface area (Å²) in [7, 11) is 1.30. The van der Waals surface area contributed by atoms with Crippen molar-refractivity contribution in [3.63, 3.8) is 0 Å². The van der Waals surface area contributed by atoms with Gasteiger partial charge in [0.05, 0.1) is 7.11 Å². The van der Waals surface area contributed by atoms with Crippen LogP contribution < -0.4 is 4.74 Å². The molecule has 7 heteroatoms. The van der Waals surface area contributed by atoms with Gasteiger partial charge in [0.15, 0.2) is 5.06 Å². The van der Waals surface area contributed by atoms with Crippen LogP contribution in [-0.4, -0.2) is 37.0 Å². The molecule has 2 aromatic rings. The van der Waals surface area contributed by atoms with Crippen molar-refractivity contribution in [2.24, 2.45) is 0 Å². The Hall–Kier alpha value is -2.25. The summed E-state index contributed by atoms with van der Waals surface area (Å²) < 4.78 is 24.2. The Morgan fingerprint density at radius 1 is 1.23 bits per heavy atom. The minimum absolute atomic E-state index is 0.299. The molecule has 1 aromatic heterocycles. The normalized spacial score (nSPS) is 12.0. The first-order valence-corrected chi connectivity index (χ1v) is 9.11. The van der Waals surface area contributed by atoms with Gasteiger partial charge in [0.25, 0.3) is 0 Å². The van der Waals surface area contributed by atoms with Crippen LogP contribution in [0.3, 0.4) is 0 Å². The van der Waals surface area contributed by atoms with Crippen molar-refractivity contribution >= 4 is 23.3 Å². The van der Waals surface area contributed by atoms with Gasteiger partial charge in [0, 0.05) is 23.9 Å². The number of carbonyl (C=O) groups is 2. The number of ether oxygens (including phenoxy) is 2. The molecule has 0 radical (unpaired) electrons. The van der Waals surface area contributed by atoms with Crippen LogP contribution in [0, 0.1) is 5.82 Å². The van der Waals surface area contributed by atoms with Crippen molar-refractivity contribution < 1.29 is 23.5 Å². The topological polar surface area (TPSA) is 55.8 Å². The number of hydrogen-bond acceptors (Lipinski definition) is 6. The van der Waals surface area contributed by atoms with Crippen LogP contribution >= 0.6 is 11.3 Å². The van der Waals surface area contributed by atoms with Gasteiger partial charge in [0.2, 0.25) is 0 Å². The highest BCUT2D eigenvalue weighted by Crippen LogP contribution is 2.28. The lowest BCUT2D eigenvalue weighted by Crippen LogP contribution is -2.36. The number of nitrogens with zero attached hydrogens (tertiary/aromatic N) is 1. The molecule has 0 aliphatic heterocycles. The highest BCUT2D eigenvalue weighted by Gasteiger charge is 2.29. The van der Waals surface area contributed by atoms with E-state index in [0.29, 0.717) is 30.1 Å². The Morgan fingerprint density at radius 3 is 2.58 bits per heavy atom. The number of rotatable bonds is 8. The van der Waals surface area contributed by atoms with Crippen molar-refractivity contribution in [3.05, 3.63) is 52.7 Å². The molecule has 1 aromatic carbocycles. The SMILES string of the molecule is CCN(CCc1ccc(OC(C)=O)s1)C(C(=O)OC)c1ccccc1F. The highest BCUT2D eigenvalue weighted by molar-refractivity contribution is 7.13. The van der Waals surface area contributed by atoms with Crippen molar-refractivity contribution in [1.29, 1.82) is 0 Å². The summed E-state index contributed by atoms with van der Waals surface area (Å²) >= 11 is 1.38. The zero-order valence-electron chi connectivity index (χ0n) is 15.0. The Labute approximate surface area is 156 Å². The highest BCUT2D eigenvalue weighted by atomic mass is 32.1. The zero-order valence-corrected chi connectivity index (χ0v) is 15.8. The second-order valence-corrected chi connectivity index (χ2v) is 6.77. The van der Waals surface area contributed by atoms with Gasteiger partial charge in [-0.05, 0) is 31.2 Å². The molecule has 0 aliphatic carbocycles. The number of carbonyl (C=O) groups excluding carboxylic acids is 2. The van der Waals surface area contributed by atoms with Gasteiger partial charge in [-0.15, -0.1) is 11.3 Å². The molecule has 5 nitrogen and oxygen atoms in total. The molecule has 0 bridgehead atoms. The molecular formula is C19H22FNO4S. The van der Waals surface area contributed by atoms with E-state index in [1.807, 2.05) is 17.9 Å². The first-order chi connectivity index (χ1) is 12.5. The maximum Gasteiger partial charge on any atom is 0.327 e. The third-order valence-corrected chi connectivity index (χ3v) is 4.95. The van der Waals surface area contributed by atoms with E-state index in [0.717, 1.165) is 4.88 Å². The Balaban J connectivity index is 2.15. The molecule has 0 aliphatic rings. The zero-order chi connectivity index (χ0) is 19.1. The molecule has 26 heavy (non-hydrogen) atoms. The van der Waals surface area contributed by atoms with Gasteiger partial charge in [-0.3, -0.25) is 9.69 Å². The molecule has 1 heterocycles. The van der Waals surface area contributed by atoms with Gasteiger partial charge in [-0.2, -0.15) is 0 Å². The minimum Gasteiger partial charge on any atom is -0.468 e. The van der Waals surface area contributed by atoms with Crippen molar-refractivity contribution in [2.75, 3.05) is 20.2 Å². The Morgan fingerprint density at radius 2 is 1.96 bits per heavy atom. The van der Waals surface area contributed by atoms with Crippen molar-refractivity contribution in [1.82, 2.24) is 4.90 Å². The van der Waals surface area contributed by atoms with E-state index >= 15 is 0 Å². The van der Waals surface area contributed by atoms with E-state index in [-0.39, 0.29) is 5.97 Å². The van der Waals surface area contributed by atoms with Gasteiger partial charge in [-0.25, -0.2) is 9.18 Å². The largest absolute Gasteiger partial charge is 0.468 e. The first kappa shape index (κ1) is 20.1. The minimum atomic E-state index is -0.806. The molecule has 1 unspecified atom stereocenters. The van der Waals surface area contributed by atoms with Crippen LogP contribution in [0.4, 0.5) is 4.39 Å². The third-order valence-electron chi connectivity index (χ3n) is 3.92. The smallest absolute Gasteiger partial charge is 0.327 e. The average molecular weight is 379 g/mol. The fourth-order valence-corrected chi connectivity index (χ4v) is 3.58. The maximum absolute atomic E-state index is 14.2. The molecule has 0 fully saturated rings. The van der Waals surface area contributed by atoms with Crippen LogP contribution in [0.2, 0.25) is 0 Å². The lowest BCUT2D eigenvalue weighted by atomic mass is 10.0. The summed E-state index contributed by atoms with van der Waals surface area (Å²) in [6.07, 6.45) is 0.641. The monoisotopic (exact) mass is 379 g/mol. The molecule has 0 spiro atoms. The Bertz CT molecular complexity index is 762. The molecular weight excluding hydrogens is 357 g/mol. The van der Waals surface area contributed by atoms with E-state index in [9.17, 15) is 14.0 Å². The molecule has 0 amide bonds. The van der Waals surface area contributed by atoms with Crippen molar-refractivity contribution in [2.45, 2.75) is 26.3 Å². The number of esters is 2. The lowest BCUT2D eigenvalue weighted by Gasteiger charge is -2.29. The van der Waals surface area contributed by atoms with Crippen LogP contribution in [0.25, 0.3) is 0 Å². The summed E-state index contributed by atoms with van der Waals surface area (Å²) in [5, 5.41) is 0.536. The van der Waals surface area contributed by atoms with Gasteiger partial charge in [-0.1, -0.05) is 25.1 Å². The molecule has 0 saturated carbocycles. The summed E-state index contributed by atoms with van der Waals surface area (Å²) in [5.41, 5.74) is 0.299. The third kappa shape index (κ3) is 5.12. The second-order valence-electron chi connectivity index (χ2n) is 5.64. The number of methoxy groups -OCH3 is 1. The van der Waals surface area contributed by atoms with E-state index < -0.39 is 17.8 Å². The molecule has 0 N–H and O–H groups in total. The number of halogens is 1. The number of hydrogen-bond donors (Lipinski definition) is 0. The average Bonchev–Trinajstić information content (AvgIpc) is 3.05. The lowest BCUT2D eigenvalue weighted by molar-refractivity contribution is -0.147. The van der Waals surface area contributed by atoms with Crippen molar-refractivity contribution in [3.8, 4) is 5.06 Å². The van der Waals surface area contributed by atoms with Crippen LogP contribution in [0.15, 0.2) is 36.4 Å². The maximum atomic E-state index is 14.2. The fourth-order valence-electron chi connectivity index (χ4n) is 2.69.